The van der Waals surface area contributed by atoms with Gasteiger partial charge in [-0.2, -0.15) is 5.10 Å². The Hall–Kier alpha value is -4.14. The summed E-state index contributed by atoms with van der Waals surface area (Å²) >= 11 is 0. The van der Waals surface area contributed by atoms with Crippen molar-refractivity contribution < 1.29 is 28.2 Å². The Labute approximate surface area is 189 Å². The molecule has 9 heteroatoms. The van der Waals surface area contributed by atoms with Gasteiger partial charge in [0.25, 0.3) is 0 Å². The molecule has 9 nitrogen and oxygen atoms in total. The largest absolute Gasteiger partial charge is 0.497 e. The maximum atomic E-state index is 13.0. The van der Waals surface area contributed by atoms with Crippen LogP contribution in [0, 0.1) is 0 Å². The number of carbonyl (C=O) groups is 2. The summed E-state index contributed by atoms with van der Waals surface area (Å²) in [6.45, 7) is 3.46. The number of methoxy groups -OCH3 is 2. The number of hydrogen-bond acceptors (Lipinski definition) is 8. The molecular formula is C24H23N3O6. The Balaban J connectivity index is 1.65. The Morgan fingerprint density at radius 2 is 1.91 bits per heavy atom. The Morgan fingerprint density at radius 3 is 2.58 bits per heavy atom. The van der Waals surface area contributed by atoms with Crippen LogP contribution < -0.4 is 9.47 Å². The van der Waals surface area contributed by atoms with Gasteiger partial charge in [-0.25, -0.2) is 14.5 Å². The fourth-order valence-corrected chi connectivity index (χ4v) is 3.43. The van der Waals surface area contributed by atoms with Crippen molar-refractivity contribution in [3.8, 4) is 23.0 Å². The van der Waals surface area contributed by atoms with Crippen molar-refractivity contribution in [2.75, 3.05) is 20.8 Å². The molecule has 0 atom stereocenters. The monoisotopic (exact) mass is 449 g/mol. The highest BCUT2D eigenvalue weighted by Gasteiger charge is 2.22. The zero-order chi connectivity index (χ0) is 23.5. The van der Waals surface area contributed by atoms with Gasteiger partial charge in [-0.3, -0.25) is 4.79 Å². The molecule has 0 bridgehead atoms. The number of carbonyl (C=O) groups excluding carboxylic acids is 2. The molecule has 0 aliphatic carbocycles. The van der Waals surface area contributed by atoms with E-state index in [0.29, 0.717) is 34.0 Å². The molecule has 0 amide bonds. The molecule has 0 saturated carbocycles. The minimum Gasteiger partial charge on any atom is -0.497 e. The molecule has 170 valence electrons. The minimum atomic E-state index is -0.672. The highest BCUT2D eigenvalue weighted by molar-refractivity contribution is 6.06. The van der Waals surface area contributed by atoms with E-state index < -0.39 is 18.4 Å². The summed E-state index contributed by atoms with van der Waals surface area (Å²) in [4.78, 5) is 30.5. The predicted octanol–water partition coefficient (Wildman–Crippen LogP) is 4.33. The van der Waals surface area contributed by atoms with Crippen LogP contribution in [0.25, 0.3) is 22.5 Å². The summed E-state index contributed by atoms with van der Waals surface area (Å²) < 4.78 is 23.0. The summed E-state index contributed by atoms with van der Waals surface area (Å²) in [5, 5.41) is 4.89. The fourth-order valence-electron chi connectivity index (χ4n) is 3.43. The minimum absolute atomic E-state index is 0.0211. The molecule has 4 rings (SSSR count). The quantitative estimate of drug-likeness (QED) is 0.289. The third-order valence-electron chi connectivity index (χ3n) is 5.09. The number of ketones is 1. The Bertz CT molecular complexity index is 1310. The van der Waals surface area contributed by atoms with E-state index in [-0.39, 0.29) is 17.2 Å². The molecule has 0 N–H and O–H groups in total. The van der Waals surface area contributed by atoms with E-state index in [2.05, 4.69) is 10.1 Å². The topological polar surface area (TPSA) is 106 Å². The van der Waals surface area contributed by atoms with Crippen LogP contribution in [0.15, 0.2) is 53.3 Å². The van der Waals surface area contributed by atoms with Crippen LogP contribution in [0.1, 0.15) is 40.6 Å². The SMILES string of the molecule is COc1ccc(OC)c(C(=O)COC(=O)c2cc(-c3ccco3)nc3c2cnn3C(C)C)c1. The second-order valence-electron chi connectivity index (χ2n) is 7.52. The zero-order valence-corrected chi connectivity index (χ0v) is 18.7. The van der Waals surface area contributed by atoms with E-state index in [0.717, 1.165) is 0 Å². The van der Waals surface area contributed by atoms with Gasteiger partial charge in [0.1, 0.15) is 17.2 Å². The third kappa shape index (κ3) is 4.30. The van der Waals surface area contributed by atoms with Gasteiger partial charge in [-0.1, -0.05) is 0 Å². The lowest BCUT2D eigenvalue weighted by molar-refractivity contribution is 0.0476. The van der Waals surface area contributed by atoms with Gasteiger partial charge in [-0.15, -0.1) is 0 Å². The van der Waals surface area contributed by atoms with Gasteiger partial charge >= 0.3 is 5.97 Å². The molecule has 0 unspecified atom stereocenters. The highest BCUT2D eigenvalue weighted by atomic mass is 16.5. The van der Waals surface area contributed by atoms with Gasteiger partial charge in [0, 0.05) is 6.04 Å². The van der Waals surface area contributed by atoms with Crippen molar-refractivity contribution in [1.82, 2.24) is 14.8 Å². The molecule has 3 aromatic heterocycles. The average Bonchev–Trinajstić information content (AvgIpc) is 3.51. The number of rotatable bonds is 8. The number of hydrogen-bond donors (Lipinski definition) is 0. The number of ether oxygens (including phenoxy) is 3. The van der Waals surface area contributed by atoms with Crippen molar-refractivity contribution in [1.29, 1.82) is 0 Å². The molecule has 3 heterocycles. The first-order valence-corrected chi connectivity index (χ1v) is 10.3. The van der Waals surface area contributed by atoms with Crippen molar-refractivity contribution in [3.63, 3.8) is 0 Å². The van der Waals surface area contributed by atoms with E-state index in [1.165, 1.54) is 20.5 Å². The first-order chi connectivity index (χ1) is 15.9. The van der Waals surface area contributed by atoms with Crippen LogP contribution in [-0.4, -0.2) is 47.3 Å². The molecule has 0 saturated heterocycles. The number of fused-ring (bicyclic) bond motifs is 1. The molecule has 33 heavy (non-hydrogen) atoms. The number of nitrogens with zero attached hydrogens (tertiary/aromatic N) is 3. The molecule has 1 aromatic carbocycles. The summed E-state index contributed by atoms with van der Waals surface area (Å²) in [6, 6.07) is 9.92. The summed E-state index contributed by atoms with van der Waals surface area (Å²) in [5.74, 6) is 0.258. The van der Waals surface area contributed by atoms with Crippen molar-refractivity contribution >= 4 is 22.8 Å². The van der Waals surface area contributed by atoms with Gasteiger partial charge in [-0.05, 0) is 50.2 Å². The van der Waals surface area contributed by atoms with Crippen molar-refractivity contribution in [3.05, 3.63) is 60.0 Å². The smallest absolute Gasteiger partial charge is 0.339 e. The van der Waals surface area contributed by atoms with E-state index in [9.17, 15) is 9.59 Å². The number of aromatic nitrogens is 3. The molecule has 0 fully saturated rings. The summed E-state index contributed by atoms with van der Waals surface area (Å²) in [7, 11) is 2.96. The van der Waals surface area contributed by atoms with Crippen molar-refractivity contribution in [2.24, 2.45) is 0 Å². The standard InChI is InChI=1S/C24H23N3O6/c1-14(2)27-23-18(12-25-27)16(11-19(26-23)22-6-5-9-32-22)24(29)33-13-20(28)17-10-15(30-3)7-8-21(17)31-4/h5-12,14H,13H2,1-4H3. The first-order valence-electron chi connectivity index (χ1n) is 10.3. The van der Waals surface area contributed by atoms with E-state index in [4.69, 9.17) is 18.6 Å². The molecule has 0 aliphatic heterocycles. The van der Waals surface area contributed by atoms with Crippen LogP contribution in [0.5, 0.6) is 11.5 Å². The number of Topliss-reactive ketones (excluding diaryl/α,β-unsaturated/α-hetero) is 1. The van der Waals surface area contributed by atoms with E-state index in [1.807, 2.05) is 13.8 Å². The van der Waals surface area contributed by atoms with E-state index >= 15 is 0 Å². The number of pyridine rings is 1. The molecule has 0 radical (unpaired) electrons. The Kier molecular flexibility index (Phi) is 6.12. The van der Waals surface area contributed by atoms with E-state index in [1.54, 1.807) is 47.3 Å². The zero-order valence-electron chi connectivity index (χ0n) is 18.7. The van der Waals surface area contributed by atoms with Crippen LogP contribution in [-0.2, 0) is 4.74 Å². The lowest BCUT2D eigenvalue weighted by Crippen LogP contribution is -2.16. The predicted molar refractivity (Wildman–Crippen MR) is 120 cm³/mol. The first kappa shape index (κ1) is 22.1. The molecule has 4 aromatic rings. The number of furan rings is 1. The lowest BCUT2D eigenvalue weighted by Gasteiger charge is -2.11. The van der Waals surface area contributed by atoms with Gasteiger partial charge in [0.15, 0.2) is 18.0 Å². The van der Waals surface area contributed by atoms with Gasteiger partial charge in [0.2, 0.25) is 5.78 Å². The normalized spacial score (nSPS) is 11.1. The fraction of sp³-hybridized carbons (Fsp3) is 0.250. The van der Waals surface area contributed by atoms with Crippen LogP contribution in [0.2, 0.25) is 0 Å². The van der Waals surface area contributed by atoms with Crippen LogP contribution in [0.4, 0.5) is 0 Å². The number of benzene rings is 1. The molecular weight excluding hydrogens is 426 g/mol. The maximum Gasteiger partial charge on any atom is 0.339 e. The third-order valence-corrected chi connectivity index (χ3v) is 5.09. The van der Waals surface area contributed by atoms with Gasteiger partial charge in [0.05, 0.1) is 43.2 Å². The Morgan fingerprint density at radius 1 is 1.09 bits per heavy atom. The number of esters is 1. The summed E-state index contributed by atoms with van der Waals surface area (Å²) in [6.07, 6.45) is 3.09. The van der Waals surface area contributed by atoms with Gasteiger partial charge < -0.3 is 18.6 Å². The van der Waals surface area contributed by atoms with Crippen LogP contribution >= 0.6 is 0 Å². The summed E-state index contributed by atoms with van der Waals surface area (Å²) in [5.41, 5.74) is 1.48. The second-order valence-corrected chi connectivity index (χ2v) is 7.52. The average molecular weight is 449 g/mol. The second kappa shape index (κ2) is 9.15. The van der Waals surface area contributed by atoms with Crippen LogP contribution in [0.3, 0.4) is 0 Å². The highest BCUT2D eigenvalue weighted by Crippen LogP contribution is 2.28. The van der Waals surface area contributed by atoms with Crippen molar-refractivity contribution in [2.45, 2.75) is 19.9 Å². The molecule has 0 spiro atoms. The lowest BCUT2D eigenvalue weighted by atomic mass is 10.1. The maximum absolute atomic E-state index is 13.0. The molecule has 0 aliphatic rings.